The molecule has 7 nitrogen and oxygen atoms in total. The molecule has 0 saturated heterocycles. The van der Waals surface area contributed by atoms with Crippen LogP contribution in [0.15, 0.2) is 16.9 Å². The van der Waals surface area contributed by atoms with E-state index < -0.39 is 17.4 Å². The largest absolute Gasteiger partial charge is 0.477 e. The van der Waals surface area contributed by atoms with Gasteiger partial charge in [-0.15, -0.1) is 11.3 Å². The van der Waals surface area contributed by atoms with Gasteiger partial charge in [0.2, 0.25) is 0 Å². The molecule has 0 fully saturated rings. The van der Waals surface area contributed by atoms with E-state index >= 15 is 0 Å². The van der Waals surface area contributed by atoms with Crippen LogP contribution in [0.25, 0.3) is 0 Å². The number of carbonyl (C=O) groups excluding carboxylic acids is 1. The van der Waals surface area contributed by atoms with E-state index in [4.69, 9.17) is 5.11 Å². The highest BCUT2D eigenvalue weighted by Crippen LogP contribution is 2.18. The highest BCUT2D eigenvalue weighted by Gasteiger charge is 2.22. The number of nitrogens with zero attached hydrogens (tertiary/aromatic N) is 1. The maximum Gasteiger partial charge on any atom is 0.345 e. The van der Waals surface area contributed by atoms with Crippen molar-refractivity contribution in [3.8, 4) is 0 Å². The van der Waals surface area contributed by atoms with Gasteiger partial charge in [0.25, 0.3) is 11.5 Å². The number of hydrogen-bond acceptors (Lipinski definition) is 5. The number of rotatable bonds is 4. The van der Waals surface area contributed by atoms with E-state index in [0.29, 0.717) is 16.4 Å². The van der Waals surface area contributed by atoms with Crippen LogP contribution in [0.4, 0.5) is 0 Å². The minimum absolute atomic E-state index is 0.0296. The molecular formula is C16H19N3O4S. The number of carboxylic acids is 1. The summed E-state index contributed by atoms with van der Waals surface area (Å²) in [6.45, 7) is 7.52. The third kappa shape index (κ3) is 3.88. The minimum atomic E-state index is -1.01. The summed E-state index contributed by atoms with van der Waals surface area (Å²) >= 11 is 1.08. The quantitative estimate of drug-likeness (QED) is 0.782. The first-order chi connectivity index (χ1) is 11.1. The Morgan fingerprint density at radius 3 is 2.50 bits per heavy atom. The molecule has 0 aliphatic heterocycles. The molecule has 3 N–H and O–H groups in total. The van der Waals surface area contributed by atoms with Crippen LogP contribution in [0.1, 0.15) is 57.2 Å². The van der Waals surface area contributed by atoms with Crippen LogP contribution in [-0.4, -0.2) is 27.0 Å². The summed E-state index contributed by atoms with van der Waals surface area (Å²) in [7, 11) is 0. The Labute approximate surface area is 142 Å². The second-order valence-corrected chi connectivity index (χ2v) is 7.55. The van der Waals surface area contributed by atoms with Gasteiger partial charge in [0.15, 0.2) is 0 Å². The molecule has 0 aliphatic rings. The lowest BCUT2D eigenvalue weighted by Crippen LogP contribution is -2.33. The molecule has 2 aromatic rings. The van der Waals surface area contributed by atoms with Gasteiger partial charge < -0.3 is 15.4 Å². The number of aromatic amines is 1. The normalized spacial score (nSPS) is 11.3. The summed E-state index contributed by atoms with van der Waals surface area (Å²) in [4.78, 5) is 43.2. The number of aryl methyl sites for hydroxylation is 1. The van der Waals surface area contributed by atoms with Crippen LogP contribution in [0.5, 0.6) is 0 Å². The molecule has 0 bridgehead atoms. The lowest BCUT2D eigenvalue weighted by atomic mass is 9.95. The summed E-state index contributed by atoms with van der Waals surface area (Å²) in [5.74, 6) is -1.02. The van der Waals surface area contributed by atoms with Crippen molar-refractivity contribution in [2.75, 3.05) is 0 Å². The first kappa shape index (κ1) is 17.9. The molecule has 0 spiro atoms. The van der Waals surface area contributed by atoms with Gasteiger partial charge in [-0.3, -0.25) is 9.59 Å². The summed E-state index contributed by atoms with van der Waals surface area (Å²) in [6.07, 6.45) is 0. The molecule has 1 amide bonds. The Morgan fingerprint density at radius 1 is 1.33 bits per heavy atom. The van der Waals surface area contributed by atoms with Crippen molar-refractivity contribution in [3.05, 3.63) is 49.3 Å². The number of H-pyrrole nitrogens is 1. The molecule has 2 rings (SSSR count). The Hall–Kier alpha value is -2.48. The van der Waals surface area contributed by atoms with Crippen molar-refractivity contribution in [2.45, 2.75) is 39.7 Å². The van der Waals surface area contributed by atoms with E-state index in [1.54, 1.807) is 13.0 Å². The molecular weight excluding hydrogens is 330 g/mol. The summed E-state index contributed by atoms with van der Waals surface area (Å²) in [5.41, 5.74) is -0.484. The molecule has 0 radical (unpaired) electrons. The number of nitrogens with one attached hydrogen (secondary N) is 2. The van der Waals surface area contributed by atoms with Crippen LogP contribution >= 0.6 is 11.3 Å². The van der Waals surface area contributed by atoms with E-state index in [2.05, 4.69) is 15.3 Å². The van der Waals surface area contributed by atoms with E-state index in [1.165, 1.54) is 6.07 Å². The zero-order valence-electron chi connectivity index (χ0n) is 13.9. The third-order valence-electron chi connectivity index (χ3n) is 3.33. The van der Waals surface area contributed by atoms with Gasteiger partial charge in [-0.2, -0.15) is 0 Å². The molecule has 24 heavy (non-hydrogen) atoms. The number of carboxylic acid groups (broad SMARTS) is 1. The van der Waals surface area contributed by atoms with E-state index in [1.807, 2.05) is 20.8 Å². The van der Waals surface area contributed by atoms with Crippen LogP contribution in [-0.2, 0) is 12.0 Å². The number of aromatic nitrogens is 2. The number of aromatic carboxylic acids is 1. The maximum absolute atomic E-state index is 12.3. The standard InChI is InChI=1S/C16H19N3O4S/c1-8-11(13(21)19-15(18-8)16(2,3)4)12(20)17-7-9-5-6-10(24-9)14(22)23/h5-6H,7H2,1-4H3,(H,17,20)(H,22,23)(H,18,19,21). The molecule has 2 heterocycles. The fourth-order valence-electron chi connectivity index (χ4n) is 2.05. The molecule has 0 aliphatic carbocycles. The predicted octanol–water partition coefficient (Wildman–Crippen LogP) is 2.07. The Bertz CT molecular complexity index is 846. The average molecular weight is 349 g/mol. The molecule has 0 aromatic carbocycles. The van der Waals surface area contributed by atoms with Gasteiger partial charge in [0.1, 0.15) is 16.3 Å². The van der Waals surface area contributed by atoms with Gasteiger partial charge in [-0.25, -0.2) is 9.78 Å². The van der Waals surface area contributed by atoms with Crippen molar-refractivity contribution in [1.29, 1.82) is 0 Å². The number of amides is 1. The van der Waals surface area contributed by atoms with Gasteiger partial charge in [-0.05, 0) is 19.1 Å². The molecule has 0 saturated carbocycles. The Kier molecular flexibility index (Phi) is 4.88. The second kappa shape index (κ2) is 6.56. The number of thiophene rings is 1. The Morgan fingerprint density at radius 2 is 2.00 bits per heavy atom. The average Bonchev–Trinajstić information content (AvgIpc) is 2.92. The van der Waals surface area contributed by atoms with E-state index in [9.17, 15) is 14.4 Å². The van der Waals surface area contributed by atoms with Crippen molar-refractivity contribution in [1.82, 2.24) is 15.3 Å². The van der Waals surface area contributed by atoms with Gasteiger partial charge in [0, 0.05) is 10.3 Å². The highest BCUT2D eigenvalue weighted by atomic mass is 32.1. The minimum Gasteiger partial charge on any atom is -0.477 e. The lowest BCUT2D eigenvalue weighted by molar-refractivity contribution is 0.0702. The van der Waals surface area contributed by atoms with Crippen LogP contribution in [0, 0.1) is 6.92 Å². The first-order valence-corrected chi connectivity index (χ1v) is 8.13. The van der Waals surface area contributed by atoms with Crippen molar-refractivity contribution >= 4 is 23.2 Å². The smallest absolute Gasteiger partial charge is 0.345 e. The SMILES string of the molecule is Cc1nc(C(C)(C)C)[nH]c(=O)c1C(=O)NCc1ccc(C(=O)O)s1. The zero-order valence-corrected chi connectivity index (χ0v) is 14.7. The zero-order chi connectivity index (χ0) is 18.1. The van der Waals surface area contributed by atoms with Crippen LogP contribution < -0.4 is 10.9 Å². The monoisotopic (exact) mass is 349 g/mol. The van der Waals surface area contributed by atoms with Crippen molar-refractivity contribution < 1.29 is 14.7 Å². The van der Waals surface area contributed by atoms with Gasteiger partial charge in [0.05, 0.1) is 12.2 Å². The van der Waals surface area contributed by atoms with Crippen molar-refractivity contribution in [2.24, 2.45) is 0 Å². The van der Waals surface area contributed by atoms with E-state index in [-0.39, 0.29) is 22.4 Å². The fraction of sp³-hybridized carbons (Fsp3) is 0.375. The molecule has 0 atom stereocenters. The van der Waals surface area contributed by atoms with Gasteiger partial charge >= 0.3 is 5.97 Å². The molecule has 8 heteroatoms. The molecule has 0 unspecified atom stereocenters. The third-order valence-corrected chi connectivity index (χ3v) is 4.41. The highest BCUT2D eigenvalue weighted by molar-refractivity contribution is 7.13. The summed E-state index contributed by atoms with van der Waals surface area (Å²) < 4.78 is 0. The van der Waals surface area contributed by atoms with Crippen LogP contribution in [0.3, 0.4) is 0 Å². The van der Waals surface area contributed by atoms with Crippen molar-refractivity contribution in [3.63, 3.8) is 0 Å². The first-order valence-electron chi connectivity index (χ1n) is 7.31. The maximum atomic E-state index is 12.3. The fourth-order valence-corrected chi connectivity index (χ4v) is 2.84. The summed E-state index contributed by atoms with van der Waals surface area (Å²) in [5, 5.41) is 11.5. The summed E-state index contributed by atoms with van der Waals surface area (Å²) in [6, 6.07) is 3.11. The molecule has 2 aromatic heterocycles. The topological polar surface area (TPSA) is 112 Å². The lowest BCUT2D eigenvalue weighted by Gasteiger charge is -2.18. The van der Waals surface area contributed by atoms with E-state index in [0.717, 1.165) is 11.3 Å². The number of hydrogen-bond donors (Lipinski definition) is 3. The van der Waals surface area contributed by atoms with Gasteiger partial charge in [-0.1, -0.05) is 20.8 Å². The second-order valence-electron chi connectivity index (χ2n) is 6.38. The Balaban J connectivity index is 2.18. The van der Waals surface area contributed by atoms with Crippen LogP contribution in [0.2, 0.25) is 0 Å². The predicted molar refractivity (Wildman–Crippen MR) is 90.7 cm³/mol. The number of carbonyl (C=O) groups is 2. The molecule has 128 valence electrons.